The third-order valence-electron chi connectivity index (χ3n) is 2.44. The first-order valence-electron chi connectivity index (χ1n) is 4.35. The smallest absolute Gasteiger partial charge is 0.358 e. The lowest BCUT2D eigenvalue weighted by molar-refractivity contribution is -0.146. The van der Waals surface area contributed by atoms with Crippen LogP contribution in [0.25, 0.3) is 0 Å². The van der Waals surface area contributed by atoms with Gasteiger partial charge in [0.05, 0.1) is 13.3 Å². The van der Waals surface area contributed by atoms with Crippen molar-refractivity contribution < 1.29 is 19.4 Å². The number of carboxylic acids is 1. The van der Waals surface area contributed by atoms with Crippen molar-refractivity contribution in [3.63, 3.8) is 0 Å². The van der Waals surface area contributed by atoms with Crippen molar-refractivity contribution in [2.24, 2.45) is 0 Å². The second-order valence-corrected chi connectivity index (χ2v) is 3.38. The topological polar surface area (TPSA) is 94.3 Å². The highest BCUT2D eigenvalue weighted by Crippen LogP contribution is 2.43. The van der Waals surface area contributed by atoms with E-state index in [2.05, 4.69) is 15.0 Å². The molecule has 7 heteroatoms. The Kier molecular flexibility index (Phi) is 1.95. The minimum atomic E-state index is -1.16. The number of hydrogen-bond donors (Lipinski definition) is 1. The van der Waals surface area contributed by atoms with Crippen LogP contribution < -0.4 is 0 Å². The Hall–Kier alpha value is -1.92. The number of esters is 1. The number of aromatic nitrogens is 3. The van der Waals surface area contributed by atoms with E-state index in [9.17, 15) is 9.59 Å². The summed E-state index contributed by atoms with van der Waals surface area (Å²) in [5.74, 6) is -1.58. The van der Waals surface area contributed by atoms with Crippen LogP contribution in [0.5, 0.6) is 0 Å². The Morgan fingerprint density at radius 1 is 1.60 bits per heavy atom. The third kappa shape index (κ3) is 1.36. The van der Waals surface area contributed by atoms with Gasteiger partial charge in [0.1, 0.15) is 0 Å². The van der Waals surface area contributed by atoms with E-state index in [1.165, 1.54) is 18.0 Å². The van der Waals surface area contributed by atoms with Gasteiger partial charge in [0, 0.05) is 0 Å². The number of nitrogens with zero attached hydrogens (tertiary/aromatic N) is 3. The summed E-state index contributed by atoms with van der Waals surface area (Å²) in [6, 6.07) is 0. The van der Waals surface area contributed by atoms with Gasteiger partial charge in [0.2, 0.25) is 0 Å². The van der Waals surface area contributed by atoms with Gasteiger partial charge in [-0.25, -0.2) is 14.3 Å². The maximum absolute atomic E-state index is 11.4. The first-order chi connectivity index (χ1) is 7.10. The van der Waals surface area contributed by atoms with Crippen LogP contribution in [-0.4, -0.2) is 39.1 Å². The zero-order valence-corrected chi connectivity index (χ0v) is 8.01. The molecule has 1 aliphatic carbocycles. The fraction of sp³-hybridized carbons (Fsp3) is 0.500. The predicted octanol–water partition coefficient (Wildman–Crippen LogP) is -0.362. The van der Waals surface area contributed by atoms with Crippen LogP contribution in [0.4, 0.5) is 0 Å². The fourth-order valence-electron chi connectivity index (χ4n) is 1.41. The molecular weight excluding hydrogens is 202 g/mol. The van der Waals surface area contributed by atoms with Crippen molar-refractivity contribution in [3.05, 3.63) is 11.9 Å². The molecule has 0 unspecified atom stereocenters. The first-order valence-corrected chi connectivity index (χ1v) is 4.35. The second kappa shape index (κ2) is 3.04. The van der Waals surface area contributed by atoms with E-state index in [0.29, 0.717) is 12.8 Å². The van der Waals surface area contributed by atoms with Crippen molar-refractivity contribution in [2.75, 3.05) is 7.11 Å². The zero-order valence-electron chi connectivity index (χ0n) is 8.01. The molecule has 2 rings (SSSR count). The molecule has 0 bridgehead atoms. The minimum absolute atomic E-state index is 0.176. The fourth-order valence-corrected chi connectivity index (χ4v) is 1.41. The van der Waals surface area contributed by atoms with Crippen molar-refractivity contribution in [3.8, 4) is 0 Å². The average Bonchev–Trinajstić information content (AvgIpc) is 2.87. The Labute approximate surface area is 84.6 Å². The summed E-state index contributed by atoms with van der Waals surface area (Å²) in [6.07, 6.45) is 2.44. The molecule has 1 fully saturated rings. The number of carbonyl (C=O) groups excluding carboxylic acids is 1. The number of carbonyl (C=O) groups is 2. The monoisotopic (exact) mass is 211 g/mol. The SMILES string of the molecule is COC(=O)C1(n2cc(C(=O)O)nn2)CC1. The summed E-state index contributed by atoms with van der Waals surface area (Å²) in [7, 11) is 1.29. The first kappa shape index (κ1) is 9.63. The quantitative estimate of drug-likeness (QED) is 0.686. The molecule has 0 saturated heterocycles. The highest BCUT2D eigenvalue weighted by atomic mass is 16.5. The van der Waals surface area contributed by atoms with E-state index >= 15 is 0 Å². The molecule has 0 aromatic carbocycles. The van der Waals surface area contributed by atoms with E-state index in [1.807, 2.05) is 0 Å². The van der Waals surface area contributed by atoms with Gasteiger partial charge in [-0.05, 0) is 12.8 Å². The van der Waals surface area contributed by atoms with E-state index in [4.69, 9.17) is 5.11 Å². The lowest BCUT2D eigenvalue weighted by Gasteiger charge is -2.11. The second-order valence-electron chi connectivity index (χ2n) is 3.38. The molecule has 7 nitrogen and oxygen atoms in total. The minimum Gasteiger partial charge on any atom is -0.476 e. The van der Waals surface area contributed by atoms with Gasteiger partial charge in [0.15, 0.2) is 11.2 Å². The van der Waals surface area contributed by atoms with Gasteiger partial charge < -0.3 is 9.84 Å². The van der Waals surface area contributed by atoms with Crippen LogP contribution in [0.15, 0.2) is 6.20 Å². The number of methoxy groups -OCH3 is 1. The molecular formula is C8H9N3O4. The van der Waals surface area contributed by atoms with Crippen molar-refractivity contribution in [2.45, 2.75) is 18.4 Å². The molecule has 1 N–H and O–H groups in total. The lowest BCUT2D eigenvalue weighted by atomic mass is 10.3. The zero-order chi connectivity index (χ0) is 11.1. The molecule has 0 spiro atoms. The normalized spacial score (nSPS) is 17.1. The van der Waals surface area contributed by atoms with E-state index in [0.717, 1.165) is 0 Å². The standard InChI is InChI=1S/C8H9N3O4/c1-15-7(14)8(2-3-8)11-4-5(6(12)13)9-10-11/h4H,2-3H2,1H3,(H,12,13). The van der Waals surface area contributed by atoms with Crippen LogP contribution in [0.3, 0.4) is 0 Å². The van der Waals surface area contributed by atoms with Crippen molar-refractivity contribution in [1.29, 1.82) is 0 Å². The summed E-state index contributed by atoms with van der Waals surface area (Å²) in [4.78, 5) is 22.0. The van der Waals surface area contributed by atoms with Gasteiger partial charge in [-0.1, -0.05) is 5.21 Å². The van der Waals surface area contributed by atoms with Crippen molar-refractivity contribution in [1.82, 2.24) is 15.0 Å². The maximum atomic E-state index is 11.4. The summed E-state index contributed by atoms with van der Waals surface area (Å²) in [5, 5.41) is 15.7. The van der Waals surface area contributed by atoms with E-state index < -0.39 is 17.5 Å². The summed E-state index contributed by atoms with van der Waals surface area (Å²) in [6.45, 7) is 0. The molecule has 1 aromatic heterocycles. The Balaban J connectivity index is 2.30. The largest absolute Gasteiger partial charge is 0.476 e. The van der Waals surface area contributed by atoms with E-state index in [1.54, 1.807) is 0 Å². The highest BCUT2D eigenvalue weighted by Gasteiger charge is 2.54. The van der Waals surface area contributed by atoms with Gasteiger partial charge >= 0.3 is 11.9 Å². The average molecular weight is 211 g/mol. The van der Waals surface area contributed by atoms with Crippen LogP contribution in [0, 0.1) is 0 Å². The summed E-state index contributed by atoms with van der Waals surface area (Å²) < 4.78 is 5.89. The Morgan fingerprint density at radius 3 is 2.67 bits per heavy atom. The molecule has 0 amide bonds. The number of hydrogen-bond acceptors (Lipinski definition) is 5. The van der Waals surface area contributed by atoms with E-state index in [-0.39, 0.29) is 5.69 Å². The van der Waals surface area contributed by atoms with Gasteiger partial charge in [-0.15, -0.1) is 5.10 Å². The molecule has 1 saturated carbocycles. The van der Waals surface area contributed by atoms with Gasteiger partial charge in [0.25, 0.3) is 0 Å². The molecule has 0 radical (unpaired) electrons. The summed E-state index contributed by atoms with van der Waals surface area (Å²) in [5.41, 5.74) is -1.000. The molecule has 1 aliphatic rings. The van der Waals surface area contributed by atoms with Crippen molar-refractivity contribution >= 4 is 11.9 Å². The summed E-state index contributed by atoms with van der Waals surface area (Å²) >= 11 is 0. The van der Waals surface area contributed by atoms with Crippen LogP contribution in [-0.2, 0) is 15.1 Å². The number of rotatable bonds is 3. The predicted molar refractivity (Wildman–Crippen MR) is 46.2 cm³/mol. The number of carboxylic acid groups (broad SMARTS) is 1. The van der Waals surface area contributed by atoms with Crippen LogP contribution in [0.1, 0.15) is 23.3 Å². The molecule has 80 valence electrons. The maximum Gasteiger partial charge on any atom is 0.358 e. The highest BCUT2D eigenvalue weighted by molar-refractivity contribution is 5.85. The Morgan fingerprint density at radius 2 is 2.27 bits per heavy atom. The molecule has 1 aromatic rings. The molecule has 0 aliphatic heterocycles. The molecule has 15 heavy (non-hydrogen) atoms. The van der Waals surface area contributed by atoms with Gasteiger partial charge in [-0.2, -0.15) is 0 Å². The van der Waals surface area contributed by atoms with Crippen LogP contribution in [0.2, 0.25) is 0 Å². The number of aromatic carboxylic acids is 1. The Bertz CT molecular complexity index is 421. The molecule has 1 heterocycles. The number of ether oxygens (including phenoxy) is 1. The van der Waals surface area contributed by atoms with Gasteiger partial charge in [-0.3, -0.25) is 0 Å². The van der Waals surface area contributed by atoms with Crippen LogP contribution >= 0.6 is 0 Å². The lowest BCUT2D eigenvalue weighted by Crippen LogP contribution is -2.29. The molecule has 0 atom stereocenters. The third-order valence-corrected chi connectivity index (χ3v) is 2.44.